The molecule has 0 radical (unpaired) electrons. The van der Waals surface area contributed by atoms with Crippen molar-refractivity contribution < 1.29 is 23.2 Å². The first-order valence-electron chi connectivity index (χ1n) is 35.1. The fourth-order valence-corrected chi connectivity index (χ4v) is 11.9. The van der Waals surface area contributed by atoms with E-state index in [0.717, 1.165) is 66.7 Å². The summed E-state index contributed by atoms with van der Waals surface area (Å²) in [5, 5.41) is 2.02. The van der Waals surface area contributed by atoms with Crippen molar-refractivity contribution in [2.75, 3.05) is 16.5 Å². The zero-order chi connectivity index (χ0) is 70.0. The van der Waals surface area contributed by atoms with Crippen molar-refractivity contribution in [1.82, 2.24) is 9.55 Å². The van der Waals surface area contributed by atoms with E-state index in [1.807, 2.05) is 77.7 Å². The number of nitrogens with zero attached hydrogens (tertiary/aromatic N) is 4. The van der Waals surface area contributed by atoms with Gasteiger partial charge in [0.25, 0.3) is 0 Å². The van der Waals surface area contributed by atoms with Gasteiger partial charge in [-0.25, -0.2) is 4.98 Å². The lowest BCUT2D eigenvalue weighted by molar-refractivity contribution is 0.479. The fraction of sp³-hybridized carbons (Fsp3) is 0.207. The molecule has 0 saturated heterocycles. The van der Waals surface area contributed by atoms with E-state index >= 15 is 0 Å². The van der Waals surface area contributed by atoms with E-state index in [4.69, 9.17) is 22.7 Å². The van der Waals surface area contributed by atoms with Gasteiger partial charge in [0.2, 0.25) is 0 Å². The number of hydrogen-bond donors (Lipinski definition) is 0. The van der Waals surface area contributed by atoms with Gasteiger partial charge in [0.05, 0.1) is 41.8 Å². The summed E-state index contributed by atoms with van der Waals surface area (Å²) in [6, 6.07) is 54.3. The normalized spacial score (nSPS) is 14.5. The summed E-state index contributed by atoms with van der Waals surface area (Å²) in [6.45, 7) is 26.6. The molecule has 0 N–H and O–H groups in total. The number of para-hydroxylation sites is 4. The first-order chi connectivity index (χ1) is 46.3. The van der Waals surface area contributed by atoms with E-state index in [-0.39, 0.29) is 50.9 Å². The molecule has 0 saturated carbocycles. The summed E-state index contributed by atoms with van der Waals surface area (Å²) >= 11 is 0. The molecule has 3 heterocycles. The zero-order valence-corrected chi connectivity index (χ0v) is 52.1. The van der Waals surface area contributed by atoms with Gasteiger partial charge < -0.3 is 19.3 Å². The molecule has 0 unspecified atom stereocenters. The molecule has 88 heavy (non-hydrogen) atoms. The molecule has 6 nitrogen and oxygen atoms in total. The lowest BCUT2D eigenvalue weighted by Gasteiger charge is -2.28. The van der Waals surface area contributed by atoms with Gasteiger partial charge in [-0.2, -0.15) is 0 Å². The molecule has 12 aromatic rings. The molecule has 1 aliphatic heterocycles. The van der Waals surface area contributed by atoms with Crippen molar-refractivity contribution in [3.63, 3.8) is 0 Å². The van der Waals surface area contributed by atoms with Crippen LogP contribution in [0.2, 0.25) is 0 Å². The quantitative estimate of drug-likeness (QED) is 0.129. The molecular weight excluding hydrogens is 1070 g/mol. The van der Waals surface area contributed by atoms with Crippen LogP contribution in [-0.4, -0.2) is 16.2 Å². The number of aromatic nitrogens is 2. The van der Waals surface area contributed by atoms with Crippen molar-refractivity contribution >= 4 is 44.6 Å². The predicted octanol–water partition coefficient (Wildman–Crippen LogP) is 22.9. The average molecular weight is 1160 g/mol. The summed E-state index contributed by atoms with van der Waals surface area (Å²) in [5.41, 5.74) is 12.5. The smallest absolute Gasteiger partial charge is 0.143 e. The predicted molar refractivity (Wildman–Crippen MR) is 370 cm³/mol. The average Bonchev–Trinajstić information content (AvgIpc) is 1.59. The molecule has 13 rings (SSSR count). The Kier molecular flexibility index (Phi) is 11.8. The van der Waals surface area contributed by atoms with Crippen LogP contribution in [0.1, 0.15) is 119 Å². The minimum atomic E-state index is -0.560. The van der Waals surface area contributed by atoms with Crippen molar-refractivity contribution in [2.45, 2.75) is 105 Å². The number of anilines is 4. The molecule has 0 amide bonds. The van der Waals surface area contributed by atoms with E-state index in [1.54, 1.807) is 24.4 Å². The lowest BCUT2D eigenvalue weighted by Crippen LogP contribution is -2.25. The van der Waals surface area contributed by atoms with Gasteiger partial charge in [0, 0.05) is 63.1 Å². The van der Waals surface area contributed by atoms with Crippen LogP contribution >= 0.6 is 0 Å². The van der Waals surface area contributed by atoms with Crippen LogP contribution in [-0.2, 0) is 21.7 Å². The highest BCUT2D eigenvalue weighted by molar-refractivity contribution is 6.09. The van der Waals surface area contributed by atoms with E-state index in [9.17, 15) is 5.48 Å². The molecule has 6 heteroatoms. The van der Waals surface area contributed by atoms with Crippen molar-refractivity contribution in [3.8, 4) is 73.3 Å². The minimum Gasteiger partial charge on any atom is -0.457 e. The number of fused-ring (bicyclic) bond motifs is 4. The highest BCUT2D eigenvalue weighted by atomic mass is 16.5. The standard InChI is InChI=1S/C82H78N4O2/c1-79(2,3)58-38-34-56(35-39-58)70-48-61(82(10,11)12)49-71(57-36-40-59(41-37-57)80(4,5)6)78(70)88-64-44-45-83-76(52-64)86-72-31-20-19-28-68(72)69-43-42-63(51-75(69)86)87-65-47-60(81(7,8)9)46-62(50-65)84-53-85(74-33-22-21-32-73(74)84)77-66(54-24-15-13-16-25-54)29-23-30-67(77)55-26-17-14-18-27-55/h13-52H,53H2,1-12H3/i13D,14D,15D,16D,17D,18D,24D,25D,26D,27D. The molecule has 0 aliphatic carbocycles. The second kappa shape index (κ2) is 22.3. The summed E-state index contributed by atoms with van der Waals surface area (Å²) in [4.78, 5) is 9.10. The van der Waals surface area contributed by atoms with Crippen molar-refractivity contribution in [2.24, 2.45) is 0 Å². The maximum Gasteiger partial charge on any atom is 0.143 e. The van der Waals surface area contributed by atoms with Crippen LogP contribution in [0.3, 0.4) is 0 Å². The number of hydrogen-bond acceptors (Lipinski definition) is 5. The number of ether oxygens (including phenoxy) is 2. The van der Waals surface area contributed by atoms with Gasteiger partial charge in [-0.05, 0) is 127 Å². The van der Waals surface area contributed by atoms with Crippen molar-refractivity contribution in [1.29, 1.82) is 0 Å². The second-order valence-electron chi connectivity index (χ2n) is 27.0. The van der Waals surface area contributed by atoms with Gasteiger partial charge in [-0.1, -0.05) is 241 Å². The van der Waals surface area contributed by atoms with Crippen LogP contribution in [0, 0.1) is 0 Å². The molecular formula is C82H78N4O2. The molecule has 438 valence electrons. The monoisotopic (exact) mass is 1160 g/mol. The van der Waals surface area contributed by atoms with Crippen LogP contribution < -0.4 is 19.3 Å². The van der Waals surface area contributed by atoms with E-state index < -0.39 is 65.8 Å². The lowest BCUT2D eigenvalue weighted by atomic mass is 9.81. The third-order valence-corrected chi connectivity index (χ3v) is 16.8. The maximum atomic E-state index is 9.22. The van der Waals surface area contributed by atoms with Crippen LogP contribution in [0.25, 0.3) is 72.1 Å². The van der Waals surface area contributed by atoms with Gasteiger partial charge in [-0.3, -0.25) is 4.57 Å². The van der Waals surface area contributed by atoms with Crippen molar-refractivity contribution in [3.05, 3.63) is 265 Å². The van der Waals surface area contributed by atoms with Crippen LogP contribution in [0.4, 0.5) is 22.7 Å². The highest BCUT2D eigenvalue weighted by Crippen LogP contribution is 2.52. The maximum absolute atomic E-state index is 9.22. The van der Waals surface area contributed by atoms with Gasteiger partial charge in [-0.15, -0.1) is 0 Å². The van der Waals surface area contributed by atoms with Gasteiger partial charge >= 0.3 is 0 Å². The first kappa shape index (κ1) is 46.6. The highest BCUT2D eigenvalue weighted by Gasteiger charge is 2.33. The van der Waals surface area contributed by atoms with E-state index in [0.29, 0.717) is 28.8 Å². The summed E-state index contributed by atoms with van der Waals surface area (Å²) in [5.74, 6) is 3.09. The molecule has 0 fully saturated rings. The SMILES string of the molecule is [2H]c1c([2H])c([2H])c(-c2cccc(-c3c([2H])c([2H])c([2H])c([2H])c3[2H])c2N2CN(c3cc(Oc4ccc5c6ccccc6n(-c6cc(Oc7c(-c8ccc(C(C)(C)C)cc8)cc(C(C)(C)C)cc7-c7ccc(C(C)(C)C)cc7)ccn6)c5c4)cc(C(C)(C)C)c3)c3ccccc32)c([2H])c1[2H]. The molecule has 0 spiro atoms. The number of pyridine rings is 1. The minimum absolute atomic E-state index is 0.0348. The van der Waals surface area contributed by atoms with E-state index in [2.05, 4.69) is 177 Å². The van der Waals surface area contributed by atoms with Gasteiger partial charge in [0.15, 0.2) is 0 Å². The largest absolute Gasteiger partial charge is 0.457 e. The Morgan fingerprint density at radius 3 is 1.47 bits per heavy atom. The zero-order valence-electron chi connectivity index (χ0n) is 62.1. The molecule has 0 bridgehead atoms. The molecule has 0 atom stereocenters. The Bertz CT molecular complexity index is 4970. The first-order valence-corrected chi connectivity index (χ1v) is 30.1. The van der Waals surface area contributed by atoms with E-state index in [1.165, 1.54) is 16.7 Å². The molecule has 2 aromatic heterocycles. The fourth-order valence-electron chi connectivity index (χ4n) is 11.9. The Morgan fingerprint density at radius 1 is 0.386 bits per heavy atom. The summed E-state index contributed by atoms with van der Waals surface area (Å²) < 4.78 is 105. The topological polar surface area (TPSA) is 42.8 Å². The number of benzene rings is 10. The Hall–Kier alpha value is -9.65. The molecule has 1 aliphatic rings. The van der Waals surface area contributed by atoms with Crippen LogP contribution in [0.5, 0.6) is 23.0 Å². The van der Waals surface area contributed by atoms with Gasteiger partial charge in [0.1, 0.15) is 35.5 Å². The Labute approximate surface area is 534 Å². The number of rotatable bonds is 11. The Morgan fingerprint density at radius 2 is 0.898 bits per heavy atom. The third kappa shape index (κ3) is 11.1. The summed E-state index contributed by atoms with van der Waals surface area (Å²) in [6.07, 6.45) is 1.80. The van der Waals surface area contributed by atoms with Crippen LogP contribution in [0.15, 0.2) is 243 Å². The third-order valence-electron chi connectivity index (χ3n) is 16.8. The summed E-state index contributed by atoms with van der Waals surface area (Å²) in [7, 11) is 0. The molecule has 10 aromatic carbocycles. The Balaban J connectivity index is 0.921. The second-order valence-corrected chi connectivity index (χ2v) is 27.0.